The van der Waals surface area contributed by atoms with Gasteiger partial charge in [-0.05, 0) is 32.6 Å². The number of esters is 1. The minimum absolute atomic E-state index is 0.138. The van der Waals surface area contributed by atoms with Crippen molar-refractivity contribution < 1.29 is 14.3 Å². The third-order valence-electron chi connectivity index (χ3n) is 2.52. The van der Waals surface area contributed by atoms with Gasteiger partial charge in [-0.1, -0.05) is 6.42 Å². The fraction of sp³-hybridized carbons (Fsp3) is 0.900. The van der Waals surface area contributed by atoms with Crippen LogP contribution in [0.2, 0.25) is 0 Å². The Hall–Kier alpha value is -0.570. The zero-order valence-electron chi connectivity index (χ0n) is 8.41. The second-order valence-corrected chi connectivity index (χ2v) is 3.57. The summed E-state index contributed by atoms with van der Waals surface area (Å²) < 4.78 is 10.2. The zero-order chi connectivity index (χ0) is 9.68. The van der Waals surface area contributed by atoms with Crippen molar-refractivity contribution in [2.75, 3.05) is 7.11 Å². The lowest BCUT2D eigenvalue weighted by molar-refractivity contribution is -0.161. The molecule has 0 aromatic heterocycles. The van der Waals surface area contributed by atoms with E-state index in [0.717, 1.165) is 12.8 Å². The van der Waals surface area contributed by atoms with Crippen LogP contribution in [0.1, 0.15) is 39.0 Å². The van der Waals surface area contributed by atoms with Crippen molar-refractivity contribution >= 4 is 5.97 Å². The topological polar surface area (TPSA) is 35.5 Å². The van der Waals surface area contributed by atoms with E-state index >= 15 is 0 Å². The summed E-state index contributed by atoms with van der Waals surface area (Å²) in [5, 5.41) is 0. The lowest BCUT2D eigenvalue weighted by Crippen LogP contribution is -2.28. The van der Waals surface area contributed by atoms with E-state index in [9.17, 15) is 4.79 Å². The van der Waals surface area contributed by atoms with Gasteiger partial charge >= 0.3 is 5.97 Å². The molecule has 3 nitrogen and oxygen atoms in total. The van der Waals surface area contributed by atoms with E-state index < -0.39 is 6.10 Å². The molecule has 1 atom stereocenters. The van der Waals surface area contributed by atoms with Gasteiger partial charge in [-0.25, -0.2) is 4.79 Å². The zero-order valence-corrected chi connectivity index (χ0v) is 8.41. The largest absolute Gasteiger partial charge is 0.460 e. The molecular formula is C10H18O3. The number of methoxy groups -OCH3 is 1. The molecule has 1 rings (SSSR count). The monoisotopic (exact) mass is 186 g/mol. The first-order chi connectivity index (χ1) is 6.24. The SMILES string of the molecule is COC(C)C(=O)OC1CCCCC1. The first-order valence-corrected chi connectivity index (χ1v) is 4.97. The fourth-order valence-electron chi connectivity index (χ4n) is 1.54. The van der Waals surface area contributed by atoms with Crippen molar-refractivity contribution in [2.45, 2.75) is 51.2 Å². The maximum absolute atomic E-state index is 11.3. The van der Waals surface area contributed by atoms with E-state index in [4.69, 9.17) is 9.47 Å². The predicted octanol–water partition coefficient (Wildman–Crippen LogP) is 1.90. The molecule has 0 aromatic rings. The summed E-state index contributed by atoms with van der Waals surface area (Å²) in [4.78, 5) is 11.3. The molecule has 76 valence electrons. The highest BCUT2D eigenvalue weighted by Gasteiger charge is 2.20. The molecule has 1 aliphatic rings. The summed E-state index contributed by atoms with van der Waals surface area (Å²) >= 11 is 0. The Morgan fingerprint density at radius 3 is 2.46 bits per heavy atom. The van der Waals surface area contributed by atoms with Crippen molar-refractivity contribution in [1.82, 2.24) is 0 Å². The molecule has 1 fully saturated rings. The first-order valence-electron chi connectivity index (χ1n) is 4.97. The van der Waals surface area contributed by atoms with E-state index in [-0.39, 0.29) is 12.1 Å². The fourth-order valence-corrected chi connectivity index (χ4v) is 1.54. The number of hydrogen-bond donors (Lipinski definition) is 0. The quantitative estimate of drug-likeness (QED) is 0.631. The standard InChI is InChI=1S/C10H18O3/c1-8(12-2)10(11)13-9-6-4-3-5-7-9/h8-9H,3-7H2,1-2H3. The lowest BCUT2D eigenvalue weighted by atomic mass is 9.98. The highest BCUT2D eigenvalue weighted by atomic mass is 16.6. The smallest absolute Gasteiger partial charge is 0.335 e. The van der Waals surface area contributed by atoms with Gasteiger partial charge in [-0.2, -0.15) is 0 Å². The van der Waals surface area contributed by atoms with Crippen LogP contribution in [-0.2, 0) is 14.3 Å². The third-order valence-corrected chi connectivity index (χ3v) is 2.52. The predicted molar refractivity (Wildman–Crippen MR) is 49.4 cm³/mol. The van der Waals surface area contributed by atoms with Crippen LogP contribution < -0.4 is 0 Å². The van der Waals surface area contributed by atoms with Crippen LogP contribution in [0.25, 0.3) is 0 Å². The number of hydrogen-bond acceptors (Lipinski definition) is 3. The Balaban J connectivity index is 2.26. The molecular weight excluding hydrogens is 168 g/mol. The second kappa shape index (κ2) is 5.22. The number of ether oxygens (including phenoxy) is 2. The molecule has 1 unspecified atom stereocenters. The van der Waals surface area contributed by atoms with Crippen molar-refractivity contribution in [3.63, 3.8) is 0 Å². The normalized spacial score (nSPS) is 21.1. The van der Waals surface area contributed by atoms with Gasteiger partial charge < -0.3 is 9.47 Å². The summed E-state index contributed by atoms with van der Waals surface area (Å²) in [5.74, 6) is -0.227. The Labute approximate surface area is 79.4 Å². The average Bonchev–Trinajstić information content (AvgIpc) is 2.18. The first kappa shape index (κ1) is 10.5. The average molecular weight is 186 g/mol. The minimum Gasteiger partial charge on any atom is -0.460 e. The highest BCUT2D eigenvalue weighted by molar-refractivity contribution is 5.74. The van der Waals surface area contributed by atoms with Crippen LogP contribution in [0.15, 0.2) is 0 Å². The van der Waals surface area contributed by atoms with Gasteiger partial charge in [0.1, 0.15) is 6.10 Å². The van der Waals surface area contributed by atoms with Crippen LogP contribution in [0, 0.1) is 0 Å². The second-order valence-electron chi connectivity index (χ2n) is 3.57. The Morgan fingerprint density at radius 2 is 1.92 bits per heavy atom. The number of carbonyl (C=O) groups excluding carboxylic acids is 1. The summed E-state index contributed by atoms with van der Waals surface area (Å²) in [6.45, 7) is 1.71. The van der Waals surface area contributed by atoms with Gasteiger partial charge in [0.25, 0.3) is 0 Å². The van der Waals surface area contributed by atoms with Crippen molar-refractivity contribution in [2.24, 2.45) is 0 Å². The maximum atomic E-state index is 11.3. The highest BCUT2D eigenvalue weighted by Crippen LogP contribution is 2.20. The molecule has 3 heteroatoms. The summed E-state index contributed by atoms with van der Waals surface area (Å²) in [6, 6.07) is 0. The van der Waals surface area contributed by atoms with E-state index in [0.29, 0.717) is 0 Å². The molecule has 0 saturated heterocycles. The Bertz CT molecular complexity index is 162. The van der Waals surface area contributed by atoms with E-state index in [1.807, 2.05) is 0 Å². The van der Waals surface area contributed by atoms with Crippen LogP contribution in [-0.4, -0.2) is 25.3 Å². The van der Waals surface area contributed by atoms with Gasteiger partial charge in [0.2, 0.25) is 0 Å². The van der Waals surface area contributed by atoms with Gasteiger partial charge in [-0.15, -0.1) is 0 Å². The van der Waals surface area contributed by atoms with E-state index in [1.165, 1.54) is 26.4 Å². The maximum Gasteiger partial charge on any atom is 0.335 e. The Kier molecular flexibility index (Phi) is 4.22. The minimum atomic E-state index is -0.429. The van der Waals surface area contributed by atoms with Crippen molar-refractivity contribution in [3.05, 3.63) is 0 Å². The van der Waals surface area contributed by atoms with Crippen LogP contribution in [0.3, 0.4) is 0 Å². The van der Waals surface area contributed by atoms with Crippen molar-refractivity contribution in [1.29, 1.82) is 0 Å². The number of rotatable bonds is 3. The molecule has 1 aliphatic carbocycles. The molecule has 0 amide bonds. The van der Waals surface area contributed by atoms with Crippen molar-refractivity contribution in [3.8, 4) is 0 Å². The molecule has 0 heterocycles. The molecule has 1 saturated carbocycles. The van der Waals surface area contributed by atoms with Crippen LogP contribution >= 0.6 is 0 Å². The van der Waals surface area contributed by atoms with E-state index in [2.05, 4.69) is 0 Å². The molecule has 0 aromatic carbocycles. The molecule has 0 aliphatic heterocycles. The molecule has 0 bridgehead atoms. The molecule has 0 N–H and O–H groups in total. The third kappa shape index (κ3) is 3.35. The molecule has 0 radical (unpaired) electrons. The number of carbonyl (C=O) groups is 1. The van der Waals surface area contributed by atoms with E-state index in [1.54, 1.807) is 6.92 Å². The molecule has 0 spiro atoms. The summed E-state index contributed by atoms with van der Waals surface area (Å²) in [6.07, 6.45) is 5.37. The van der Waals surface area contributed by atoms with Gasteiger partial charge in [0, 0.05) is 7.11 Å². The van der Waals surface area contributed by atoms with Gasteiger partial charge in [-0.3, -0.25) is 0 Å². The van der Waals surface area contributed by atoms with Gasteiger partial charge in [0.05, 0.1) is 0 Å². The van der Waals surface area contributed by atoms with Crippen LogP contribution in [0.4, 0.5) is 0 Å². The lowest BCUT2D eigenvalue weighted by Gasteiger charge is -2.23. The summed E-state index contributed by atoms with van der Waals surface area (Å²) in [5.41, 5.74) is 0. The Morgan fingerprint density at radius 1 is 1.31 bits per heavy atom. The molecule has 13 heavy (non-hydrogen) atoms. The summed E-state index contributed by atoms with van der Waals surface area (Å²) in [7, 11) is 1.52. The van der Waals surface area contributed by atoms with Crippen LogP contribution in [0.5, 0.6) is 0 Å². The van der Waals surface area contributed by atoms with Gasteiger partial charge in [0.15, 0.2) is 6.10 Å².